The van der Waals surface area contributed by atoms with E-state index in [1.54, 1.807) is 4.31 Å². The Kier molecular flexibility index (Phi) is 6.80. The first kappa shape index (κ1) is 24.7. The minimum absolute atomic E-state index is 0.0547. The second-order valence-corrected chi connectivity index (χ2v) is 12.5. The van der Waals surface area contributed by atoms with Crippen molar-refractivity contribution in [3.63, 3.8) is 0 Å². The van der Waals surface area contributed by atoms with E-state index in [0.717, 1.165) is 47.1 Å². The number of nitrogens with zero attached hydrogens (tertiary/aromatic N) is 1. The summed E-state index contributed by atoms with van der Waals surface area (Å²) in [6.07, 6.45) is 2.71. The van der Waals surface area contributed by atoms with E-state index < -0.39 is 20.0 Å². The molecule has 1 aliphatic rings. The number of rotatable bonds is 5. The first-order chi connectivity index (χ1) is 14.8. The van der Waals surface area contributed by atoms with Crippen LogP contribution in [0.2, 0.25) is 0 Å². The first-order valence-corrected chi connectivity index (χ1v) is 13.9. The highest BCUT2D eigenvalue weighted by atomic mass is 32.2. The molecule has 1 saturated heterocycles. The molecular formula is C24H34N2O4S2. The molecule has 0 radical (unpaired) electrons. The van der Waals surface area contributed by atoms with Gasteiger partial charge >= 0.3 is 0 Å². The number of nitrogens with one attached hydrogen (secondary N) is 1. The van der Waals surface area contributed by atoms with Crippen LogP contribution in [0.5, 0.6) is 0 Å². The van der Waals surface area contributed by atoms with Gasteiger partial charge in [0.05, 0.1) is 9.79 Å². The summed E-state index contributed by atoms with van der Waals surface area (Å²) in [6.45, 7) is 13.4. The molecule has 2 atom stereocenters. The van der Waals surface area contributed by atoms with Gasteiger partial charge in [0.2, 0.25) is 10.0 Å². The van der Waals surface area contributed by atoms with Crippen molar-refractivity contribution in [3.8, 4) is 0 Å². The molecule has 2 aromatic rings. The Morgan fingerprint density at radius 1 is 0.750 bits per heavy atom. The van der Waals surface area contributed by atoms with Crippen molar-refractivity contribution in [3.05, 3.63) is 52.1 Å². The van der Waals surface area contributed by atoms with Gasteiger partial charge in [0.15, 0.2) is 0 Å². The van der Waals surface area contributed by atoms with Gasteiger partial charge in [-0.1, -0.05) is 6.42 Å². The monoisotopic (exact) mass is 478 g/mol. The van der Waals surface area contributed by atoms with Crippen LogP contribution in [0.25, 0.3) is 0 Å². The molecule has 0 bridgehead atoms. The zero-order valence-corrected chi connectivity index (χ0v) is 21.6. The molecule has 1 heterocycles. The summed E-state index contributed by atoms with van der Waals surface area (Å²) < 4.78 is 57.1. The topological polar surface area (TPSA) is 83.5 Å². The molecule has 6 nitrogen and oxygen atoms in total. The number of hydrogen-bond acceptors (Lipinski definition) is 4. The molecule has 0 saturated carbocycles. The van der Waals surface area contributed by atoms with Crippen LogP contribution in [0.4, 0.5) is 5.69 Å². The van der Waals surface area contributed by atoms with E-state index in [1.165, 1.54) is 24.3 Å². The van der Waals surface area contributed by atoms with Gasteiger partial charge < -0.3 is 0 Å². The number of sulfonamides is 2. The minimum atomic E-state index is -3.83. The first-order valence-electron chi connectivity index (χ1n) is 11.0. The molecule has 0 aromatic heterocycles. The second kappa shape index (κ2) is 8.80. The third-order valence-electron chi connectivity index (χ3n) is 6.99. The number of anilines is 1. The lowest BCUT2D eigenvalue weighted by molar-refractivity contribution is 0.204. The van der Waals surface area contributed by atoms with E-state index in [0.29, 0.717) is 5.69 Å². The maximum atomic E-state index is 13.2. The van der Waals surface area contributed by atoms with Crippen LogP contribution in [-0.2, 0) is 20.0 Å². The Labute approximate surface area is 193 Å². The zero-order valence-electron chi connectivity index (χ0n) is 20.0. The molecular weight excluding hydrogens is 444 g/mol. The lowest BCUT2D eigenvalue weighted by atomic mass is 9.95. The lowest BCUT2D eigenvalue weighted by Gasteiger charge is -2.37. The fraction of sp³-hybridized carbons (Fsp3) is 0.500. The van der Waals surface area contributed by atoms with Crippen molar-refractivity contribution in [1.29, 1.82) is 0 Å². The maximum absolute atomic E-state index is 13.2. The smallest absolute Gasteiger partial charge is 0.262 e. The molecule has 2 unspecified atom stereocenters. The molecule has 1 fully saturated rings. The molecule has 0 spiro atoms. The Hall–Kier alpha value is -1.90. The largest absolute Gasteiger partial charge is 0.280 e. The summed E-state index contributed by atoms with van der Waals surface area (Å²) in [6, 6.07) is 5.88. The summed E-state index contributed by atoms with van der Waals surface area (Å²) in [7, 11) is -7.48. The molecule has 8 heteroatoms. The van der Waals surface area contributed by atoms with Crippen molar-refractivity contribution in [2.45, 2.75) is 89.6 Å². The summed E-state index contributed by atoms with van der Waals surface area (Å²) >= 11 is 0. The Morgan fingerprint density at radius 2 is 1.19 bits per heavy atom. The SMILES string of the molecule is Cc1c(C)c(C)c(S(=O)(=O)Nc2ccc(S(=O)(=O)N3C(C)CCCC3C)cc2)c(C)c1C. The van der Waals surface area contributed by atoms with Crippen molar-refractivity contribution in [1.82, 2.24) is 4.31 Å². The highest BCUT2D eigenvalue weighted by molar-refractivity contribution is 7.92. The van der Waals surface area contributed by atoms with Gasteiger partial charge in [-0.25, -0.2) is 16.8 Å². The van der Waals surface area contributed by atoms with Crippen molar-refractivity contribution in [2.24, 2.45) is 0 Å². The summed E-state index contributed by atoms with van der Waals surface area (Å²) in [5, 5.41) is 0. The van der Waals surface area contributed by atoms with Gasteiger partial charge in [0.25, 0.3) is 10.0 Å². The van der Waals surface area contributed by atoms with E-state index >= 15 is 0 Å². The third-order valence-corrected chi connectivity index (χ3v) is 10.8. The van der Waals surface area contributed by atoms with Crippen LogP contribution in [-0.4, -0.2) is 33.2 Å². The van der Waals surface area contributed by atoms with Gasteiger partial charge in [-0.15, -0.1) is 0 Å². The number of hydrogen-bond donors (Lipinski definition) is 1. The third kappa shape index (κ3) is 4.32. The van der Waals surface area contributed by atoms with Gasteiger partial charge in [-0.3, -0.25) is 4.72 Å². The average Bonchev–Trinajstić information content (AvgIpc) is 2.70. The van der Waals surface area contributed by atoms with Gasteiger partial charge in [0.1, 0.15) is 0 Å². The normalized spacial score (nSPS) is 20.3. The Balaban J connectivity index is 1.93. The molecule has 1 aliphatic heterocycles. The van der Waals surface area contributed by atoms with Crippen LogP contribution in [0.15, 0.2) is 34.1 Å². The van der Waals surface area contributed by atoms with Crippen LogP contribution >= 0.6 is 0 Å². The summed E-state index contributed by atoms with van der Waals surface area (Å²) in [5.41, 5.74) is 4.79. The predicted octanol–water partition coefficient (Wildman–Crippen LogP) is 4.98. The Bertz CT molecular complexity index is 1190. The standard InChI is InChI=1S/C24H34N2O4S2/c1-15-9-8-10-16(2)26(15)32(29,30)23-13-11-22(12-14-23)25-31(27,28)24-20(6)18(4)17(3)19(5)21(24)7/h11-16,25H,8-10H2,1-7H3. The number of benzene rings is 2. The molecule has 0 amide bonds. The van der Waals surface area contributed by atoms with Gasteiger partial charge in [-0.05, 0) is 113 Å². The molecule has 2 aromatic carbocycles. The molecule has 3 rings (SSSR count). The lowest BCUT2D eigenvalue weighted by Crippen LogP contribution is -2.47. The summed E-state index contributed by atoms with van der Waals surface area (Å²) in [4.78, 5) is 0.459. The highest BCUT2D eigenvalue weighted by Crippen LogP contribution is 2.32. The summed E-state index contributed by atoms with van der Waals surface area (Å²) in [5.74, 6) is 0. The quantitative estimate of drug-likeness (QED) is 0.657. The minimum Gasteiger partial charge on any atom is -0.280 e. The van der Waals surface area contributed by atoms with E-state index in [2.05, 4.69) is 4.72 Å². The average molecular weight is 479 g/mol. The maximum Gasteiger partial charge on any atom is 0.262 e. The fourth-order valence-electron chi connectivity index (χ4n) is 4.76. The van der Waals surface area contributed by atoms with Crippen LogP contribution in [0.3, 0.4) is 0 Å². The van der Waals surface area contributed by atoms with Crippen LogP contribution < -0.4 is 4.72 Å². The van der Waals surface area contributed by atoms with E-state index in [-0.39, 0.29) is 21.9 Å². The highest BCUT2D eigenvalue weighted by Gasteiger charge is 2.35. The molecule has 0 aliphatic carbocycles. The van der Waals surface area contributed by atoms with E-state index in [9.17, 15) is 16.8 Å². The van der Waals surface area contributed by atoms with Crippen molar-refractivity contribution in [2.75, 3.05) is 4.72 Å². The van der Waals surface area contributed by atoms with Crippen LogP contribution in [0, 0.1) is 34.6 Å². The molecule has 32 heavy (non-hydrogen) atoms. The fourth-order valence-corrected chi connectivity index (χ4v) is 8.31. The van der Waals surface area contributed by atoms with E-state index in [1.807, 2.05) is 48.5 Å². The zero-order chi connectivity index (χ0) is 24.0. The van der Waals surface area contributed by atoms with Crippen molar-refractivity contribution < 1.29 is 16.8 Å². The van der Waals surface area contributed by atoms with Gasteiger partial charge in [0, 0.05) is 17.8 Å². The van der Waals surface area contributed by atoms with Crippen molar-refractivity contribution >= 4 is 25.7 Å². The Morgan fingerprint density at radius 3 is 1.66 bits per heavy atom. The number of piperidine rings is 1. The van der Waals surface area contributed by atoms with Gasteiger partial charge in [-0.2, -0.15) is 4.31 Å². The van der Waals surface area contributed by atoms with Crippen LogP contribution in [0.1, 0.15) is 60.9 Å². The van der Waals surface area contributed by atoms with E-state index in [4.69, 9.17) is 0 Å². The predicted molar refractivity (Wildman–Crippen MR) is 129 cm³/mol. The second-order valence-electron chi connectivity index (χ2n) is 9.05. The molecule has 176 valence electrons. The molecule has 1 N–H and O–H groups in total.